The molecule has 1 aromatic carbocycles. The van der Waals surface area contributed by atoms with Crippen molar-refractivity contribution in [1.82, 2.24) is 5.32 Å². The van der Waals surface area contributed by atoms with Crippen LogP contribution in [-0.4, -0.2) is 20.8 Å². The first kappa shape index (κ1) is 14.8. The molecule has 0 fully saturated rings. The molecule has 102 valence electrons. The molecular formula is C15H25NO2. The van der Waals surface area contributed by atoms with Crippen molar-refractivity contribution in [3.05, 3.63) is 23.8 Å². The maximum atomic E-state index is 5.42. The van der Waals surface area contributed by atoms with Crippen LogP contribution >= 0.6 is 0 Å². The van der Waals surface area contributed by atoms with E-state index in [-0.39, 0.29) is 0 Å². The second kappa shape index (κ2) is 7.98. The van der Waals surface area contributed by atoms with E-state index in [1.807, 2.05) is 12.1 Å². The normalized spacial score (nSPS) is 12.2. The quantitative estimate of drug-likeness (QED) is 0.717. The predicted octanol–water partition coefficient (Wildman–Crippen LogP) is 3.54. The van der Waals surface area contributed by atoms with Crippen molar-refractivity contribution in [1.29, 1.82) is 0 Å². The van der Waals surface area contributed by atoms with Crippen molar-refractivity contribution >= 4 is 0 Å². The Balaban J connectivity index is 2.63. The van der Waals surface area contributed by atoms with E-state index in [0.29, 0.717) is 6.04 Å². The van der Waals surface area contributed by atoms with Crippen molar-refractivity contribution < 1.29 is 9.47 Å². The molecule has 1 unspecified atom stereocenters. The third-order valence-corrected chi connectivity index (χ3v) is 3.14. The van der Waals surface area contributed by atoms with Gasteiger partial charge in [0.1, 0.15) is 11.5 Å². The minimum absolute atomic E-state index is 0.294. The third-order valence-electron chi connectivity index (χ3n) is 3.14. The molecule has 0 heterocycles. The molecule has 0 radical (unpaired) electrons. The lowest BCUT2D eigenvalue weighted by molar-refractivity contribution is 0.385. The fourth-order valence-electron chi connectivity index (χ4n) is 1.98. The highest BCUT2D eigenvalue weighted by Gasteiger charge is 2.11. The van der Waals surface area contributed by atoms with Gasteiger partial charge in [-0.25, -0.2) is 0 Å². The fourth-order valence-corrected chi connectivity index (χ4v) is 1.98. The van der Waals surface area contributed by atoms with Gasteiger partial charge in [-0.15, -0.1) is 0 Å². The first-order chi connectivity index (χ1) is 8.72. The van der Waals surface area contributed by atoms with Crippen LogP contribution in [0.1, 0.15) is 44.7 Å². The molecule has 1 aromatic rings. The predicted molar refractivity (Wildman–Crippen MR) is 75.5 cm³/mol. The van der Waals surface area contributed by atoms with E-state index in [4.69, 9.17) is 9.47 Å². The summed E-state index contributed by atoms with van der Waals surface area (Å²) < 4.78 is 10.6. The standard InChI is InChI=1S/C15H25NO2/c1-5-6-7-10-16-12(2)14-9-8-13(17-3)11-15(14)18-4/h8-9,11-12,16H,5-7,10H2,1-4H3. The first-order valence-corrected chi connectivity index (χ1v) is 6.68. The summed E-state index contributed by atoms with van der Waals surface area (Å²) >= 11 is 0. The van der Waals surface area contributed by atoms with Crippen LogP contribution in [0.3, 0.4) is 0 Å². The van der Waals surface area contributed by atoms with Gasteiger partial charge in [-0.3, -0.25) is 0 Å². The molecule has 0 bridgehead atoms. The molecule has 0 saturated carbocycles. The monoisotopic (exact) mass is 251 g/mol. The molecule has 1 atom stereocenters. The summed E-state index contributed by atoms with van der Waals surface area (Å²) in [5.41, 5.74) is 1.18. The topological polar surface area (TPSA) is 30.5 Å². The summed E-state index contributed by atoms with van der Waals surface area (Å²) in [5, 5.41) is 3.53. The lowest BCUT2D eigenvalue weighted by atomic mass is 10.1. The second-order valence-corrected chi connectivity index (χ2v) is 4.49. The van der Waals surface area contributed by atoms with Gasteiger partial charge in [0, 0.05) is 17.7 Å². The Labute approximate surface area is 110 Å². The zero-order valence-corrected chi connectivity index (χ0v) is 12.0. The van der Waals surface area contributed by atoms with Crippen LogP contribution in [0.15, 0.2) is 18.2 Å². The van der Waals surface area contributed by atoms with E-state index in [1.54, 1.807) is 14.2 Å². The molecule has 0 aliphatic carbocycles. The lowest BCUT2D eigenvalue weighted by Gasteiger charge is -2.18. The number of unbranched alkanes of at least 4 members (excludes halogenated alkanes) is 2. The maximum absolute atomic E-state index is 5.42. The summed E-state index contributed by atoms with van der Waals surface area (Å²) in [5.74, 6) is 1.71. The number of benzene rings is 1. The Bertz CT molecular complexity index is 352. The molecule has 0 aliphatic heterocycles. The Morgan fingerprint density at radius 3 is 2.56 bits per heavy atom. The Hall–Kier alpha value is -1.22. The van der Waals surface area contributed by atoms with E-state index >= 15 is 0 Å². The zero-order valence-electron chi connectivity index (χ0n) is 12.0. The fraction of sp³-hybridized carbons (Fsp3) is 0.600. The van der Waals surface area contributed by atoms with Gasteiger partial charge < -0.3 is 14.8 Å². The second-order valence-electron chi connectivity index (χ2n) is 4.49. The molecule has 0 saturated heterocycles. The first-order valence-electron chi connectivity index (χ1n) is 6.68. The van der Waals surface area contributed by atoms with Gasteiger partial charge in [-0.2, -0.15) is 0 Å². The SMILES string of the molecule is CCCCCNC(C)c1ccc(OC)cc1OC. The Morgan fingerprint density at radius 1 is 1.17 bits per heavy atom. The average Bonchev–Trinajstić information content (AvgIpc) is 2.42. The third kappa shape index (κ3) is 4.22. The van der Waals surface area contributed by atoms with Gasteiger partial charge in [0.05, 0.1) is 14.2 Å². The number of hydrogen-bond donors (Lipinski definition) is 1. The van der Waals surface area contributed by atoms with Gasteiger partial charge >= 0.3 is 0 Å². The van der Waals surface area contributed by atoms with Gasteiger partial charge in [0.2, 0.25) is 0 Å². The van der Waals surface area contributed by atoms with E-state index < -0.39 is 0 Å². The van der Waals surface area contributed by atoms with Gasteiger partial charge in [0.25, 0.3) is 0 Å². The summed E-state index contributed by atoms with van der Waals surface area (Å²) in [4.78, 5) is 0. The molecule has 0 amide bonds. The molecule has 0 aromatic heterocycles. The molecule has 18 heavy (non-hydrogen) atoms. The zero-order chi connectivity index (χ0) is 13.4. The van der Waals surface area contributed by atoms with Crippen LogP contribution in [0.2, 0.25) is 0 Å². The molecule has 3 nitrogen and oxygen atoms in total. The smallest absolute Gasteiger partial charge is 0.127 e. The van der Waals surface area contributed by atoms with Crippen molar-refractivity contribution in [2.75, 3.05) is 20.8 Å². The van der Waals surface area contributed by atoms with E-state index in [2.05, 4.69) is 25.2 Å². The minimum Gasteiger partial charge on any atom is -0.497 e. The Kier molecular flexibility index (Phi) is 6.58. The highest BCUT2D eigenvalue weighted by atomic mass is 16.5. The van der Waals surface area contributed by atoms with Crippen molar-refractivity contribution in [3.63, 3.8) is 0 Å². The molecular weight excluding hydrogens is 226 g/mol. The van der Waals surface area contributed by atoms with Gasteiger partial charge in [-0.05, 0) is 26.0 Å². The molecule has 1 N–H and O–H groups in total. The van der Waals surface area contributed by atoms with Crippen molar-refractivity contribution in [2.24, 2.45) is 0 Å². The van der Waals surface area contributed by atoms with Crippen molar-refractivity contribution in [2.45, 2.75) is 39.2 Å². The number of ether oxygens (including phenoxy) is 2. The summed E-state index contributed by atoms with van der Waals surface area (Å²) in [6.07, 6.45) is 3.75. The molecule has 3 heteroatoms. The van der Waals surface area contributed by atoms with Crippen LogP contribution in [0.25, 0.3) is 0 Å². The minimum atomic E-state index is 0.294. The summed E-state index contributed by atoms with van der Waals surface area (Å²) in [6, 6.07) is 6.26. The van der Waals surface area contributed by atoms with E-state index in [9.17, 15) is 0 Å². The summed E-state index contributed by atoms with van der Waals surface area (Å²) in [6.45, 7) is 5.43. The lowest BCUT2D eigenvalue weighted by Crippen LogP contribution is -2.20. The van der Waals surface area contributed by atoms with Crippen molar-refractivity contribution in [3.8, 4) is 11.5 Å². The number of hydrogen-bond acceptors (Lipinski definition) is 3. The maximum Gasteiger partial charge on any atom is 0.127 e. The highest BCUT2D eigenvalue weighted by molar-refractivity contribution is 5.42. The largest absolute Gasteiger partial charge is 0.497 e. The number of nitrogens with one attached hydrogen (secondary N) is 1. The highest BCUT2D eigenvalue weighted by Crippen LogP contribution is 2.29. The number of rotatable bonds is 8. The molecule has 1 rings (SSSR count). The molecule has 0 spiro atoms. The number of methoxy groups -OCH3 is 2. The van der Waals surface area contributed by atoms with Crippen LogP contribution < -0.4 is 14.8 Å². The Morgan fingerprint density at radius 2 is 1.94 bits per heavy atom. The van der Waals surface area contributed by atoms with Crippen LogP contribution in [0.5, 0.6) is 11.5 Å². The summed E-state index contributed by atoms with van der Waals surface area (Å²) in [7, 11) is 3.36. The van der Waals surface area contributed by atoms with Crippen LogP contribution in [-0.2, 0) is 0 Å². The van der Waals surface area contributed by atoms with E-state index in [1.165, 1.54) is 24.8 Å². The van der Waals surface area contributed by atoms with Gasteiger partial charge in [-0.1, -0.05) is 25.8 Å². The average molecular weight is 251 g/mol. The van der Waals surface area contributed by atoms with Crippen LogP contribution in [0, 0.1) is 0 Å². The van der Waals surface area contributed by atoms with Crippen LogP contribution in [0.4, 0.5) is 0 Å². The molecule has 0 aliphatic rings. The van der Waals surface area contributed by atoms with E-state index in [0.717, 1.165) is 18.0 Å². The van der Waals surface area contributed by atoms with Gasteiger partial charge in [0.15, 0.2) is 0 Å².